The molecule has 0 saturated heterocycles. The van der Waals surface area contributed by atoms with E-state index in [4.69, 9.17) is 16.3 Å². The molecule has 2 rings (SSSR count). The molecule has 7 heteroatoms. The van der Waals surface area contributed by atoms with Gasteiger partial charge in [0.2, 0.25) is 11.9 Å². The summed E-state index contributed by atoms with van der Waals surface area (Å²) in [6.45, 7) is 3.99. The Morgan fingerprint density at radius 1 is 1.30 bits per heavy atom. The van der Waals surface area contributed by atoms with Crippen molar-refractivity contribution in [1.29, 1.82) is 10.5 Å². The van der Waals surface area contributed by atoms with Crippen molar-refractivity contribution in [2.45, 2.75) is 26.3 Å². The standard InChI is InChI=1S/C16H16N6O/c1-10(2)11-3-5-12(6-4-11)20-15(23)9-22-14(8-18)13(7-17)21-16(22)19/h3-6,10H,9H2,1-2H3,(H2,19,21)(H,20,23). The van der Waals surface area contributed by atoms with Gasteiger partial charge < -0.3 is 11.1 Å². The van der Waals surface area contributed by atoms with Crippen LogP contribution in [0.15, 0.2) is 24.3 Å². The van der Waals surface area contributed by atoms with Crippen molar-refractivity contribution in [3.63, 3.8) is 0 Å². The Morgan fingerprint density at radius 3 is 2.48 bits per heavy atom. The van der Waals surface area contributed by atoms with Gasteiger partial charge in [-0.3, -0.25) is 9.36 Å². The largest absolute Gasteiger partial charge is 0.369 e. The topological polar surface area (TPSA) is 121 Å². The average molecular weight is 308 g/mol. The molecule has 0 atom stereocenters. The van der Waals surface area contributed by atoms with Crippen molar-refractivity contribution < 1.29 is 4.79 Å². The predicted octanol–water partition coefficient (Wildman–Crippen LogP) is 1.97. The molecule has 1 heterocycles. The van der Waals surface area contributed by atoms with E-state index in [9.17, 15) is 4.79 Å². The van der Waals surface area contributed by atoms with Crippen LogP contribution < -0.4 is 11.1 Å². The van der Waals surface area contributed by atoms with E-state index in [0.717, 1.165) is 0 Å². The van der Waals surface area contributed by atoms with Crippen LogP contribution in [0.25, 0.3) is 0 Å². The monoisotopic (exact) mass is 308 g/mol. The number of hydrogen-bond donors (Lipinski definition) is 2. The molecule has 1 aromatic heterocycles. The summed E-state index contributed by atoms with van der Waals surface area (Å²) < 4.78 is 1.22. The van der Waals surface area contributed by atoms with Gasteiger partial charge in [-0.1, -0.05) is 26.0 Å². The molecule has 1 amide bonds. The van der Waals surface area contributed by atoms with Crippen LogP contribution in [0.1, 0.15) is 36.7 Å². The summed E-state index contributed by atoms with van der Waals surface area (Å²) in [5.41, 5.74) is 7.38. The van der Waals surface area contributed by atoms with Crippen molar-refractivity contribution in [2.75, 3.05) is 11.1 Å². The van der Waals surface area contributed by atoms with Gasteiger partial charge in [0, 0.05) is 5.69 Å². The first kappa shape index (κ1) is 16.1. The van der Waals surface area contributed by atoms with Crippen molar-refractivity contribution >= 4 is 17.5 Å². The van der Waals surface area contributed by atoms with Crippen molar-refractivity contribution in [3.05, 3.63) is 41.2 Å². The highest BCUT2D eigenvalue weighted by molar-refractivity contribution is 5.90. The number of nitriles is 2. The third-order valence-corrected chi connectivity index (χ3v) is 3.37. The SMILES string of the molecule is CC(C)c1ccc(NC(=O)Cn2c(N)nc(C#N)c2C#N)cc1. The van der Waals surface area contributed by atoms with Crippen LogP contribution in [0.2, 0.25) is 0 Å². The number of carbonyl (C=O) groups excluding carboxylic acids is 1. The van der Waals surface area contributed by atoms with E-state index in [1.165, 1.54) is 10.1 Å². The zero-order valence-electron chi connectivity index (χ0n) is 12.9. The summed E-state index contributed by atoms with van der Waals surface area (Å²) in [4.78, 5) is 15.9. The molecule has 116 valence electrons. The molecule has 7 nitrogen and oxygen atoms in total. The van der Waals surface area contributed by atoms with E-state index in [1.807, 2.05) is 30.3 Å². The number of nitrogens with one attached hydrogen (secondary N) is 1. The summed E-state index contributed by atoms with van der Waals surface area (Å²) >= 11 is 0. The number of nitrogens with zero attached hydrogens (tertiary/aromatic N) is 4. The van der Waals surface area contributed by atoms with Crippen molar-refractivity contribution in [1.82, 2.24) is 9.55 Å². The molecule has 0 aliphatic rings. The number of carbonyl (C=O) groups is 1. The van der Waals surface area contributed by atoms with Gasteiger partial charge in [0.05, 0.1) is 0 Å². The first-order valence-corrected chi connectivity index (χ1v) is 7.02. The predicted molar refractivity (Wildman–Crippen MR) is 85.2 cm³/mol. The molecular weight excluding hydrogens is 292 g/mol. The lowest BCUT2D eigenvalue weighted by Crippen LogP contribution is -2.20. The van der Waals surface area contributed by atoms with Crippen molar-refractivity contribution in [2.24, 2.45) is 0 Å². The zero-order valence-corrected chi connectivity index (χ0v) is 12.9. The maximum Gasteiger partial charge on any atom is 0.244 e. The smallest absolute Gasteiger partial charge is 0.244 e. The van der Waals surface area contributed by atoms with E-state index in [1.54, 1.807) is 6.07 Å². The van der Waals surface area contributed by atoms with E-state index in [0.29, 0.717) is 11.6 Å². The van der Waals surface area contributed by atoms with Crippen LogP contribution in [-0.2, 0) is 11.3 Å². The van der Waals surface area contributed by atoms with Crippen LogP contribution >= 0.6 is 0 Å². The van der Waals surface area contributed by atoms with Gasteiger partial charge in [-0.05, 0) is 23.6 Å². The van der Waals surface area contributed by atoms with Gasteiger partial charge in [0.1, 0.15) is 18.7 Å². The Kier molecular flexibility index (Phi) is 4.63. The molecule has 0 radical (unpaired) electrons. The number of benzene rings is 1. The van der Waals surface area contributed by atoms with E-state index in [-0.39, 0.29) is 29.8 Å². The zero-order chi connectivity index (χ0) is 17.0. The van der Waals surface area contributed by atoms with Gasteiger partial charge in [-0.25, -0.2) is 4.98 Å². The second kappa shape index (κ2) is 6.63. The summed E-state index contributed by atoms with van der Waals surface area (Å²) in [5.74, 6) is 0.0175. The summed E-state index contributed by atoms with van der Waals surface area (Å²) in [6.07, 6.45) is 0. The summed E-state index contributed by atoms with van der Waals surface area (Å²) in [6, 6.07) is 11.1. The molecule has 23 heavy (non-hydrogen) atoms. The number of amides is 1. The minimum atomic E-state index is -0.354. The Balaban J connectivity index is 2.13. The van der Waals surface area contributed by atoms with Gasteiger partial charge in [0.25, 0.3) is 0 Å². The van der Waals surface area contributed by atoms with E-state index < -0.39 is 0 Å². The molecule has 1 aromatic carbocycles. The first-order valence-electron chi connectivity index (χ1n) is 7.02. The molecule has 0 saturated carbocycles. The van der Waals surface area contributed by atoms with Crippen LogP contribution in [0, 0.1) is 22.7 Å². The Morgan fingerprint density at radius 2 is 1.96 bits per heavy atom. The van der Waals surface area contributed by atoms with E-state index >= 15 is 0 Å². The van der Waals surface area contributed by atoms with Gasteiger partial charge >= 0.3 is 0 Å². The fraction of sp³-hybridized carbons (Fsp3) is 0.250. The third kappa shape index (κ3) is 3.47. The van der Waals surface area contributed by atoms with Crippen LogP contribution in [0.3, 0.4) is 0 Å². The number of rotatable bonds is 4. The molecule has 0 bridgehead atoms. The fourth-order valence-corrected chi connectivity index (χ4v) is 2.12. The normalized spacial score (nSPS) is 10.1. The maximum absolute atomic E-state index is 12.1. The Labute approximate surface area is 134 Å². The highest BCUT2D eigenvalue weighted by atomic mass is 16.1. The number of nitrogen functional groups attached to an aromatic ring is 1. The lowest BCUT2D eigenvalue weighted by molar-refractivity contribution is -0.116. The van der Waals surface area contributed by atoms with Crippen molar-refractivity contribution in [3.8, 4) is 12.1 Å². The van der Waals surface area contributed by atoms with Crippen LogP contribution in [0.5, 0.6) is 0 Å². The number of anilines is 2. The van der Waals surface area contributed by atoms with Gasteiger partial charge in [0.15, 0.2) is 11.4 Å². The minimum Gasteiger partial charge on any atom is -0.369 e. The van der Waals surface area contributed by atoms with Gasteiger partial charge in [-0.15, -0.1) is 0 Å². The minimum absolute atomic E-state index is 0.0182. The lowest BCUT2D eigenvalue weighted by atomic mass is 10.0. The molecule has 0 aliphatic carbocycles. The fourth-order valence-electron chi connectivity index (χ4n) is 2.12. The van der Waals surface area contributed by atoms with Crippen LogP contribution in [-0.4, -0.2) is 15.5 Å². The summed E-state index contributed by atoms with van der Waals surface area (Å²) in [7, 11) is 0. The number of nitrogens with two attached hydrogens (primary N) is 1. The highest BCUT2D eigenvalue weighted by Crippen LogP contribution is 2.17. The molecule has 0 aliphatic heterocycles. The number of imidazole rings is 1. The quantitative estimate of drug-likeness (QED) is 0.894. The Bertz CT molecular complexity index is 805. The molecular formula is C16H16N6O. The third-order valence-electron chi connectivity index (χ3n) is 3.37. The number of hydrogen-bond acceptors (Lipinski definition) is 5. The van der Waals surface area contributed by atoms with Gasteiger partial charge in [-0.2, -0.15) is 10.5 Å². The molecule has 0 spiro atoms. The molecule has 3 N–H and O–H groups in total. The van der Waals surface area contributed by atoms with Crippen LogP contribution in [0.4, 0.5) is 11.6 Å². The summed E-state index contributed by atoms with van der Waals surface area (Å²) in [5, 5.41) is 20.7. The average Bonchev–Trinajstić information content (AvgIpc) is 2.83. The molecule has 2 aromatic rings. The molecule has 0 unspecified atom stereocenters. The number of aromatic nitrogens is 2. The second-order valence-corrected chi connectivity index (χ2v) is 5.30. The lowest BCUT2D eigenvalue weighted by Gasteiger charge is -2.09. The highest BCUT2D eigenvalue weighted by Gasteiger charge is 2.17. The second-order valence-electron chi connectivity index (χ2n) is 5.30. The first-order chi connectivity index (χ1) is 11.0. The van der Waals surface area contributed by atoms with E-state index in [2.05, 4.69) is 24.1 Å². The Hall–Kier alpha value is -3.32. The maximum atomic E-state index is 12.1. The molecule has 0 fully saturated rings.